The van der Waals surface area contributed by atoms with E-state index >= 15 is 0 Å². The molecule has 1 nitrogen and oxygen atoms in total. The van der Waals surface area contributed by atoms with Crippen molar-refractivity contribution in [3.05, 3.63) is 46.9 Å². The first-order chi connectivity index (χ1) is 6.27. The SMILES string of the molecule is Fc1ccc(Cl)c(C2C=CNC2)c1. The molecule has 13 heavy (non-hydrogen) atoms. The molecule has 68 valence electrons. The normalized spacial score (nSPS) is 20.3. The van der Waals surface area contributed by atoms with Crippen molar-refractivity contribution in [2.75, 3.05) is 6.54 Å². The van der Waals surface area contributed by atoms with E-state index in [1.807, 2.05) is 12.3 Å². The van der Waals surface area contributed by atoms with E-state index in [-0.39, 0.29) is 11.7 Å². The number of halogens is 2. The second-order valence-corrected chi connectivity index (χ2v) is 3.45. The van der Waals surface area contributed by atoms with Crippen LogP contribution in [0.2, 0.25) is 5.02 Å². The number of nitrogens with one attached hydrogen (secondary N) is 1. The summed E-state index contributed by atoms with van der Waals surface area (Å²) in [6.45, 7) is 0.795. The Kier molecular flexibility index (Phi) is 2.23. The second kappa shape index (κ2) is 3.38. The molecule has 0 fully saturated rings. The number of hydrogen-bond donors (Lipinski definition) is 1. The summed E-state index contributed by atoms with van der Waals surface area (Å²) in [4.78, 5) is 0. The Morgan fingerprint density at radius 1 is 1.46 bits per heavy atom. The highest BCUT2D eigenvalue weighted by atomic mass is 35.5. The van der Waals surface area contributed by atoms with Gasteiger partial charge in [-0.15, -0.1) is 0 Å². The lowest BCUT2D eigenvalue weighted by Crippen LogP contribution is -2.07. The lowest BCUT2D eigenvalue weighted by atomic mass is 10.0. The second-order valence-electron chi connectivity index (χ2n) is 3.04. The van der Waals surface area contributed by atoms with E-state index in [1.54, 1.807) is 6.07 Å². The van der Waals surface area contributed by atoms with Gasteiger partial charge in [0.1, 0.15) is 5.82 Å². The largest absolute Gasteiger partial charge is 0.390 e. The minimum absolute atomic E-state index is 0.197. The number of rotatable bonds is 1. The van der Waals surface area contributed by atoms with E-state index in [4.69, 9.17) is 11.6 Å². The third-order valence-corrected chi connectivity index (χ3v) is 2.49. The van der Waals surface area contributed by atoms with E-state index in [0.29, 0.717) is 5.02 Å². The van der Waals surface area contributed by atoms with Gasteiger partial charge >= 0.3 is 0 Å². The van der Waals surface area contributed by atoms with E-state index in [0.717, 1.165) is 12.1 Å². The molecule has 1 N–H and O–H groups in total. The predicted molar refractivity (Wildman–Crippen MR) is 51.3 cm³/mol. The minimum Gasteiger partial charge on any atom is -0.390 e. The maximum absolute atomic E-state index is 12.9. The molecule has 1 aromatic rings. The fourth-order valence-corrected chi connectivity index (χ4v) is 1.72. The van der Waals surface area contributed by atoms with Crippen LogP contribution in [0.1, 0.15) is 11.5 Å². The van der Waals surface area contributed by atoms with Gasteiger partial charge in [-0.1, -0.05) is 17.7 Å². The molecule has 1 unspecified atom stereocenters. The van der Waals surface area contributed by atoms with Crippen LogP contribution in [0.4, 0.5) is 4.39 Å². The van der Waals surface area contributed by atoms with Crippen molar-refractivity contribution in [1.29, 1.82) is 0 Å². The van der Waals surface area contributed by atoms with Crippen LogP contribution in [0.25, 0.3) is 0 Å². The zero-order valence-electron chi connectivity index (χ0n) is 6.93. The van der Waals surface area contributed by atoms with Gasteiger partial charge in [0, 0.05) is 17.5 Å². The summed E-state index contributed by atoms with van der Waals surface area (Å²) in [7, 11) is 0. The quantitative estimate of drug-likeness (QED) is 0.730. The Labute approximate surface area is 81.2 Å². The van der Waals surface area contributed by atoms with Gasteiger partial charge in [-0.3, -0.25) is 0 Å². The van der Waals surface area contributed by atoms with E-state index in [9.17, 15) is 4.39 Å². The van der Waals surface area contributed by atoms with Gasteiger partial charge in [0.15, 0.2) is 0 Å². The molecular weight excluding hydrogens is 189 g/mol. The van der Waals surface area contributed by atoms with Crippen molar-refractivity contribution in [2.45, 2.75) is 5.92 Å². The lowest BCUT2D eigenvalue weighted by Gasteiger charge is -2.09. The Hall–Kier alpha value is -1.02. The van der Waals surface area contributed by atoms with Crippen molar-refractivity contribution in [2.24, 2.45) is 0 Å². The van der Waals surface area contributed by atoms with Gasteiger partial charge in [0.25, 0.3) is 0 Å². The van der Waals surface area contributed by atoms with E-state index < -0.39 is 0 Å². The molecule has 0 amide bonds. The number of hydrogen-bond acceptors (Lipinski definition) is 1. The Morgan fingerprint density at radius 2 is 2.31 bits per heavy atom. The molecule has 0 aromatic heterocycles. The molecule has 0 radical (unpaired) electrons. The molecule has 2 rings (SSSR count). The molecular formula is C10H9ClFN. The average Bonchev–Trinajstić information content (AvgIpc) is 2.61. The summed E-state index contributed by atoms with van der Waals surface area (Å²) in [5, 5.41) is 3.68. The monoisotopic (exact) mass is 197 g/mol. The zero-order valence-corrected chi connectivity index (χ0v) is 7.68. The van der Waals surface area contributed by atoms with Crippen molar-refractivity contribution in [3.8, 4) is 0 Å². The van der Waals surface area contributed by atoms with Crippen LogP contribution in [0.3, 0.4) is 0 Å². The van der Waals surface area contributed by atoms with Crippen molar-refractivity contribution in [1.82, 2.24) is 5.32 Å². The van der Waals surface area contributed by atoms with Gasteiger partial charge in [-0.05, 0) is 30.0 Å². The first kappa shape index (κ1) is 8.57. The van der Waals surface area contributed by atoms with Crippen LogP contribution in [0, 0.1) is 5.82 Å². The molecule has 1 aromatic carbocycles. The van der Waals surface area contributed by atoms with Crippen molar-refractivity contribution >= 4 is 11.6 Å². The Morgan fingerprint density at radius 3 is 3.00 bits per heavy atom. The van der Waals surface area contributed by atoms with Gasteiger partial charge in [0.05, 0.1) is 0 Å². The molecule has 1 aliphatic rings. The summed E-state index contributed by atoms with van der Waals surface area (Å²) < 4.78 is 12.9. The van der Waals surface area contributed by atoms with Gasteiger partial charge in [-0.25, -0.2) is 4.39 Å². The highest BCUT2D eigenvalue weighted by Gasteiger charge is 2.14. The molecule has 0 bridgehead atoms. The molecule has 3 heteroatoms. The van der Waals surface area contributed by atoms with Crippen LogP contribution in [-0.2, 0) is 0 Å². The van der Waals surface area contributed by atoms with Gasteiger partial charge in [-0.2, -0.15) is 0 Å². The summed E-state index contributed by atoms with van der Waals surface area (Å²) in [6, 6.07) is 4.46. The molecule has 0 aliphatic carbocycles. The third kappa shape index (κ3) is 1.68. The van der Waals surface area contributed by atoms with Crippen LogP contribution < -0.4 is 5.32 Å². The summed E-state index contributed by atoms with van der Waals surface area (Å²) >= 11 is 5.95. The fraction of sp³-hybridized carbons (Fsp3) is 0.200. The smallest absolute Gasteiger partial charge is 0.123 e. The molecule has 0 saturated carbocycles. The van der Waals surface area contributed by atoms with Gasteiger partial charge in [0.2, 0.25) is 0 Å². The van der Waals surface area contributed by atoms with E-state index in [1.165, 1.54) is 12.1 Å². The van der Waals surface area contributed by atoms with Crippen LogP contribution in [0.5, 0.6) is 0 Å². The molecule has 1 heterocycles. The topological polar surface area (TPSA) is 12.0 Å². The zero-order chi connectivity index (χ0) is 9.26. The Bertz CT molecular complexity index is 349. The maximum atomic E-state index is 12.9. The van der Waals surface area contributed by atoms with E-state index in [2.05, 4.69) is 5.32 Å². The number of benzene rings is 1. The average molecular weight is 198 g/mol. The highest BCUT2D eigenvalue weighted by molar-refractivity contribution is 6.31. The van der Waals surface area contributed by atoms with Crippen molar-refractivity contribution < 1.29 is 4.39 Å². The highest BCUT2D eigenvalue weighted by Crippen LogP contribution is 2.27. The standard InChI is InChI=1S/C10H9ClFN/c11-10-2-1-8(12)5-9(10)7-3-4-13-6-7/h1-5,7,13H,6H2. The third-order valence-electron chi connectivity index (χ3n) is 2.14. The van der Waals surface area contributed by atoms with Crippen LogP contribution in [0.15, 0.2) is 30.5 Å². The minimum atomic E-state index is -0.236. The maximum Gasteiger partial charge on any atom is 0.123 e. The predicted octanol–water partition coefficient (Wildman–Crippen LogP) is 2.68. The summed E-state index contributed by atoms with van der Waals surface area (Å²) in [6.07, 6.45) is 3.85. The first-order valence-corrected chi connectivity index (χ1v) is 4.50. The Balaban J connectivity index is 2.37. The van der Waals surface area contributed by atoms with Gasteiger partial charge < -0.3 is 5.32 Å². The van der Waals surface area contributed by atoms with Crippen LogP contribution in [-0.4, -0.2) is 6.54 Å². The fourth-order valence-electron chi connectivity index (χ4n) is 1.46. The molecule has 0 spiro atoms. The summed E-state index contributed by atoms with van der Waals surface area (Å²) in [5.41, 5.74) is 0.850. The molecule has 1 atom stereocenters. The molecule has 0 saturated heterocycles. The van der Waals surface area contributed by atoms with Crippen molar-refractivity contribution in [3.63, 3.8) is 0 Å². The first-order valence-electron chi connectivity index (χ1n) is 4.12. The molecule has 1 aliphatic heterocycles. The summed E-state index contributed by atoms with van der Waals surface area (Å²) in [5.74, 6) is -0.0390. The van der Waals surface area contributed by atoms with Crippen LogP contribution >= 0.6 is 11.6 Å². The lowest BCUT2D eigenvalue weighted by molar-refractivity contribution is 0.623.